The van der Waals surface area contributed by atoms with Crippen molar-refractivity contribution in [2.24, 2.45) is 5.73 Å². The molecule has 0 aromatic heterocycles. The Balaban J connectivity index is 3.28. The molecule has 120 valence electrons. The van der Waals surface area contributed by atoms with E-state index in [0.717, 1.165) is 5.56 Å². The third-order valence-corrected chi connectivity index (χ3v) is 5.92. The maximum Gasteiger partial charge on any atom is 0.244 e. The van der Waals surface area contributed by atoms with E-state index in [1.54, 1.807) is 12.1 Å². The minimum Gasteiger partial charge on any atom is -0.395 e. The fourth-order valence-corrected chi connectivity index (χ4v) is 4.61. The van der Waals surface area contributed by atoms with E-state index in [4.69, 9.17) is 17.3 Å². The van der Waals surface area contributed by atoms with Gasteiger partial charge < -0.3 is 10.8 Å². The third kappa shape index (κ3) is 4.17. The Labute approximate surface area is 131 Å². The number of sulfonamides is 1. The van der Waals surface area contributed by atoms with Crippen molar-refractivity contribution in [3.05, 3.63) is 28.8 Å². The Morgan fingerprint density at radius 3 is 2.38 bits per heavy atom. The van der Waals surface area contributed by atoms with Crippen LogP contribution in [0.5, 0.6) is 0 Å². The lowest BCUT2D eigenvalue weighted by molar-refractivity contribution is 0.219. The monoisotopic (exact) mass is 334 g/mol. The summed E-state index contributed by atoms with van der Waals surface area (Å²) in [4.78, 5) is 0.0571. The molecule has 1 aromatic rings. The van der Waals surface area contributed by atoms with Crippen molar-refractivity contribution in [3.63, 3.8) is 0 Å². The number of aliphatic hydroxyl groups excluding tert-OH is 1. The lowest BCUT2D eigenvalue weighted by Crippen LogP contribution is -2.41. The molecule has 0 fully saturated rings. The predicted octanol–water partition coefficient (Wildman–Crippen LogP) is 1.97. The largest absolute Gasteiger partial charge is 0.395 e. The van der Waals surface area contributed by atoms with Crippen LogP contribution in [0.25, 0.3) is 0 Å². The first-order chi connectivity index (χ1) is 9.92. The second-order valence-electron chi connectivity index (χ2n) is 4.78. The zero-order valence-electron chi connectivity index (χ0n) is 12.4. The van der Waals surface area contributed by atoms with Crippen LogP contribution in [-0.4, -0.2) is 37.0 Å². The van der Waals surface area contributed by atoms with E-state index in [-0.39, 0.29) is 29.1 Å². The van der Waals surface area contributed by atoms with E-state index in [9.17, 15) is 13.5 Å². The molecule has 7 heteroatoms. The van der Waals surface area contributed by atoms with Gasteiger partial charge in [0.25, 0.3) is 0 Å². The Morgan fingerprint density at radius 1 is 1.33 bits per heavy atom. The SMILES string of the molecule is CCC(CC)N(CCO)S(=O)(=O)c1ccc(CN)cc1Cl. The summed E-state index contributed by atoms with van der Waals surface area (Å²) < 4.78 is 26.9. The Kier molecular flexibility index (Phi) is 7.09. The minimum atomic E-state index is -3.74. The Hall–Kier alpha value is -0.660. The highest BCUT2D eigenvalue weighted by Crippen LogP contribution is 2.28. The standard InChI is InChI=1S/C14H23ClN2O3S/c1-3-12(4-2)17(7-8-18)21(19,20)14-6-5-11(10-16)9-13(14)15/h5-6,9,12,18H,3-4,7-8,10,16H2,1-2H3. The molecule has 0 heterocycles. The van der Waals surface area contributed by atoms with E-state index < -0.39 is 10.0 Å². The van der Waals surface area contributed by atoms with Gasteiger partial charge in [0.15, 0.2) is 0 Å². The van der Waals surface area contributed by atoms with Gasteiger partial charge in [-0.1, -0.05) is 31.5 Å². The molecule has 0 amide bonds. The molecular weight excluding hydrogens is 312 g/mol. The third-order valence-electron chi connectivity index (χ3n) is 3.49. The van der Waals surface area contributed by atoms with Crippen LogP contribution in [0.15, 0.2) is 23.1 Å². The first kappa shape index (κ1) is 18.4. The van der Waals surface area contributed by atoms with Gasteiger partial charge in [0.1, 0.15) is 4.90 Å². The number of nitrogens with zero attached hydrogens (tertiary/aromatic N) is 1. The molecule has 0 atom stereocenters. The van der Waals surface area contributed by atoms with Crippen molar-refractivity contribution in [1.82, 2.24) is 4.31 Å². The van der Waals surface area contributed by atoms with E-state index in [1.807, 2.05) is 13.8 Å². The Morgan fingerprint density at radius 2 is 1.95 bits per heavy atom. The molecule has 0 bridgehead atoms. The van der Waals surface area contributed by atoms with E-state index in [1.165, 1.54) is 10.4 Å². The summed E-state index contributed by atoms with van der Waals surface area (Å²) in [7, 11) is -3.74. The number of halogens is 1. The van der Waals surface area contributed by atoms with Gasteiger partial charge >= 0.3 is 0 Å². The molecule has 1 aromatic carbocycles. The molecule has 5 nitrogen and oxygen atoms in total. The second kappa shape index (κ2) is 8.10. The van der Waals surface area contributed by atoms with Crippen LogP contribution >= 0.6 is 11.6 Å². The topological polar surface area (TPSA) is 83.6 Å². The van der Waals surface area contributed by atoms with Gasteiger partial charge in [0, 0.05) is 19.1 Å². The number of benzene rings is 1. The van der Waals surface area contributed by atoms with Crippen LogP contribution in [0.2, 0.25) is 5.02 Å². The van der Waals surface area contributed by atoms with Crippen molar-refractivity contribution in [3.8, 4) is 0 Å². The van der Waals surface area contributed by atoms with Gasteiger partial charge in [0.05, 0.1) is 11.6 Å². The second-order valence-corrected chi connectivity index (χ2v) is 7.04. The maximum absolute atomic E-state index is 12.8. The minimum absolute atomic E-state index is 0.0571. The van der Waals surface area contributed by atoms with Crippen molar-refractivity contribution < 1.29 is 13.5 Å². The van der Waals surface area contributed by atoms with Crippen molar-refractivity contribution in [2.45, 2.75) is 44.2 Å². The van der Waals surface area contributed by atoms with Crippen molar-refractivity contribution in [1.29, 1.82) is 0 Å². The molecule has 0 spiro atoms. The van der Waals surface area contributed by atoms with Gasteiger partial charge in [-0.25, -0.2) is 8.42 Å². The van der Waals surface area contributed by atoms with Crippen LogP contribution < -0.4 is 5.73 Å². The van der Waals surface area contributed by atoms with Gasteiger partial charge in [-0.3, -0.25) is 0 Å². The van der Waals surface area contributed by atoms with Crippen LogP contribution in [0, 0.1) is 0 Å². The van der Waals surface area contributed by atoms with Crippen LogP contribution in [0.4, 0.5) is 0 Å². The van der Waals surface area contributed by atoms with Crippen LogP contribution in [0.3, 0.4) is 0 Å². The fourth-order valence-electron chi connectivity index (χ4n) is 2.30. The molecule has 0 radical (unpaired) electrons. The summed E-state index contributed by atoms with van der Waals surface area (Å²) in [5.74, 6) is 0. The van der Waals surface area contributed by atoms with Gasteiger partial charge in [-0.2, -0.15) is 4.31 Å². The fraction of sp³-hybridized carbons (Fsp3) is 0.571. The summed E-state index contributed by atoms with van der Waals surface area (Å²) in [6.45, 7) is 3.98. The van der Waals surface area contributed by atoms with Gasteiger partial charge in [-0.15, -0.1) is 0 Å². The van der Waals surface area contributed by atoms with E-state index in [2.05, 4.69) is 0 Å². The summed E-state index contributed by atoms with van der Waals surface area (Å²) in [6.07, 6.45) is 1.35. The average Bonchev–Trinajstić information content (AvgIpc) is 2.47. The molecule has 3 N–H and O–H groups in total. The lowest BCUT2D eigenvalue weighted by Gasteiger charge is -2.29. The van der Waals surface area contributed by atoms with Crippen LogP contribution in [-0.2, 0) is 16.6 Å². The molecule has 0 aliphatic heterocycles. The highest BCUT2D eigenvalue weighted by molar-refractivity contribution is 7.89. The average molecular weight is 335 g/mol. The number of hydrogen-bond donors (Lipinski definition) is 2. The smallest absolute Gasteiger partial charge is 0.244 e. The molecule has 1 rings (SSSR count). The molecule has 0 aliphatic carbocycles. The molecule has 21 heavy (non-hydrogen) atoms. The molecular formula is C14H23ClN2O3S. The summed E-state index contributed by atoms with van der Waals surface area (Å²) in [5, 5.41) is 9.34. The molecule has 0 saturated carbocycles. The van der Waals surface area contributed by atoms with Crippen LogP contribution in [0.1, 0.15) is 32.3 Å². The van der Waals surface area contributed by atoms with Crippen molar-refractivity contribution >= 4 is 21.6 Å². The number of rotatable bonds is 8. The number of hydrogen-bond acceptors (Lipinski definition) is 4. The highest BCUT2D eigenvalue weighted by Gasteiger charge is 2.30. The summed E-state index contributed by atoms with van der Waals surface area (Å²) in [6, 6.07) is 4.54. The normalized spacial score (nSPS) is 12.3. The molecule has 0 aliphatic rings. The van der Waals surface area contributed by atoms with Crippen molar-refractivity contribution in [2.75, 3.05) is 13.2 Å². The summed E-state index contributed by atoms with van der Waals surface area (Å²) >= 11 is 6.10. The highest BCUT2D eigenvalue weighted by atomic mass is 35.5. The van der Waals surface area contributed by atoms with E-state index >= 15 is 0 Å². The maximum atomic E-state index is 12.8. The van der Waals surface area contributed by atoms with Gasteiger partial charge in [0.2, 0.25) is 10.0 Å². The zero-order valence-corrected chi connectivity index (χ0v) is 14.0. The van der Waals surface area contributed by atoms with Gasteiger partial charge in [-0.05, 0) is 30.5 Å². The lowest BCUT2D eigenvalue weighted by atomic mass is 10.2. The molecule has 0 saturated heterocycles. The van der Waals surface area contributed by atoms with E-state index in [0.29, 0.717) is 19.4 Å². The zero-order chi connectivity index (χ0) is 16.0. The molecule has 0 unspecified atom stereocenters. The number of nitrogens with two attached hydrogens (primary N) is 1. The predicted molar refractivity (Wildman–Crippen MR) is 84.7 cm³/mol. The first-order valence-electron chi connectivity index (χ1n) is 7.03. The Bertz CT molecular complexity index is 559. The number of aliphatic hydroxyl groups is 1. The quantitative estimate of drug-likeness (QED) is 0.761. The summed E-state index contributed by atoms with van der Waals surface area (Å²) in [5.41, 5.74) is 6.30. The first-order valence-corrected chi connectivity index (χ1v) is 8.85.